The predicted octanol–water partition coefficient (Wildman–Crippen LogP) is 6.54. The number of aryl methyl sites for hydroxylation is 2. The van der Waals surface area contributed by atoms with Crippen molar-refractivity contribution in [3.05, 3.63) is 58.7 Å². The van der Waals surface area contributed by atoms with E-state index in [0.717, 1.165) is 33.2 Å². The Bertz CT molecular complexity index is 1560. The molecule has 0 aliphatic carbocycles. The van der Waals surface area contributed by atoms with Crippen LogP contribution in [-0.4, -0.2) is 61.4 Å². The van der Waals surface area contributed by atoms with E-state index in [-0.39, 0.29) is 25.0 Å². The minimum absolute atomic E-state index is 0.190. The molecule has 224 valence electrons. The maximum atomic E-state index is 13.9. The summed E-state index contributed by atoms with van der Waals surface area (Å²) in [5.41, 5.74) is 3.94. The number of fused-ring (bicyclic) bond motifs is 1. The molecule has 41 heavy (non-hydrogen) atoms. The van der Waals surface area contributed by atoms with Crippen LogP contribution in [0.4, 0.5) is 4.79 Å². The number of hydrogen-bond acceptors (Lipinski definition) is 6. The molecule has 0 saturated heterocycles. The molecule has 0 saturated carbocycles. The van der Waals surface area contributed by atoms with Gasteiger partial charge in [0.2, 0.25) is 10.0 Å². The molecular formula is C32H44N2O6S. The predicted molar refractivity (Wildman–Crippen MR) is 164 cm³/mol. The lowest BCUT2D eigenvalue weighted by Gasteiger charge is -2.24. The molecule has 1 atom stereocenters. The monoisotopic (exact) mass is 584 g/mol. The second kappa shape index (κ2) is 11.6. The van der Waals surface area contributed by atoms with Crippen molar-refractivity contribution < 1.29 is 27.5 Å². The van der Waals surface area contributed by atoms with Gasteiger partial charge in [-0.1, -0.05) is 30.2 Å². The topological polar surface area (TPSA) is 94.9 Å². The lowest BCUT2D eigenvalue weighted by Crippen LogP contribution is -2.31. The molecular weight excluding hydrogens is 540 g/mol. The average molecular weight is 585 g/mol. The van der Waals surface area contributed by atoms with E-state index in [1.807, 2.05) is 85.7 Å². The van der Waals surface area contributed by atoms with E-state index < -0.39 is 27.1 Å². The summed E-state index contributed by atoms with van der Waals surface area (Å²) in [6.45, 7) is 17.2. The van der Waals surface area contributed by atoms with E-state index in [0.29, 0.717) is 11.2 Å². The Morgan fingerprint density at radius 3 is 2.10 bits per heavy atom. The van der Waals surface area contributed by atoms with Crippen LogP contribution < -0.4 is 0 Å². The lowest BCUT2D eigenvalue weighted by molar-refractivity contribution is -0.148. The molecule has 0 aliphatic rings. The molecule has 0 bridgehead atoms. The second-order valence-corrected chi connectivity index (χ2v) is 14.6. The fourth-order valence-electron chi connectivity index (χ4n) is 5.14. The SMILES string of the molecule is CCOC(=O)C(C)(C)c1ccc2c(c1)c(C(C)CN(C)S(C)(=O)=O)c(-c1cc(C)cc(C)c1)n2C(=O)OC(C)(C)C. The van der Waals surface area contributed by atoms with Gasteiger partial charge in [0.1, 0.15) is 5.60 Å². The van der Waals surface area contributed by atoms with Gasteiger partial charge in [-0.3, -0.25) is 4.79 Å². The lowest BCUT2D eigenvalue weighted by atomic mass is 9.83. The maximum Gasteiger partial charge on any atom is 0.419 e. The van der Waals surface area contributed by atoms with Crippen molar-refractivity contribution in [3.8, 4) is 11.3 Å². The van der Waals surface area contributed by atoms with E-state index >= 15 is 0 Å². The first-order valence-electron chi connectivity index (χ1n) is 13.9. The highest BCUT2D eigenvalue weighted by atomic mass is 32.2. The van der Waals surface area contributed by atoms with Crippen LogP contribution in [0.15, 0.2) is 36.4 Å². The zero-order chi connectivity index (χ0) is 31.1. The molecule has 0 aliphatic heterocycles. The summed E-state index contributed by atoms with van der Waals surface area (Å²) in [7, 11) is -1.91. The molecule has 9 heteroatoms. The third-order valence-electron chi connectivity index (χ3n) is 7.17. The van der Waals surface area contributed by atoms with Gasteiger partial charge in [0.25, 0.3) is 0 Å². The normalized spacial score (nSPS) is 13.5. The number of aromatic nitrogens is 1. The molecule has 0 fully saturated rings. The van der Waals surface area contributed by atoms with Crippen LogP contribution >= 0.6 is 0 Å². The number of esters is 1. The van der Waals surface area contributed by atoms with E-state index in [2.05, 4.69) is 6.07 Å². The molecule has 3 aromatic rings. The van der Waals surface area contributed by atoms with Crippen LogP contribution in [0.3, 0.4) is 0 Å². The number of benzene rings is 2. The van der Waals surface area contributed by atoms with E-state index in [9.17, 15) is 18.0 Å². The van der Waals surface area contributed by atoms with Crippen molar-refractivity contribution in [1.29, 1.82) is 0 Å². The first-order valence-corrected chi connectivity index (χ1v) is 15.7. The standard InChI is InChI=1S/C32H44N2O6S/c1-12-39-29(35)32(8,9)24-13-14-26-25(18-24)27(22(4)19-33(10)41(11,37)38)28(23-16-20(2)15-21(3)17-23)34(26)30(36)40-31(5,6)7/h13-18,22H,12,19H2,1-11H3. The minimum Gasteiger partial charge on any atom is -0.465 e. The number of likely N-dealkylation sites (N-methyl/N-ethyl adjacent to an activating group) is 1. The largest absolute Gasteiger partial charge is 0.465 e. The van der Waals surface area contributed by atoms with Crippen molar-refractivity contribution >= 4 is 33.0 Å². The van der Waals surface area contributed by atoms with Gasteiger partial charge in [0.05, 0.1) is 29.5 Å². The highest BCUT2D eigenvalue weighted by molar-refractivity contribution is 7.88. The number of sulfonamides is 1. The smallest absolute Gasteiger partial charge is 0.419 e. The molecule has 1 heterocycles. The zero-order valence-electron chi connectivity index (χ0n) is 26.2. The summed E-state index contributed by atoms with van der Waals surface area (Å²) < 4.78 is 38.9. The highest BCUT2D eigenvalue weighted by Gasteiger charge is 2.34. The van der Waals surface area contributed by atoms with Crippen LogP contribution in [0.25, 0.3) is 22.2 Å². The van der Waals surface area contributed by atoms with Crippen molar-refractivity contribution in [2.24, 2.45) is 0 Å². The summed E-state index contributed by atoms with van der Waals surface area (Å²) in [6.07, 6.45) is 0.637. The molecule has 3 rings (SSSR count). The third-order valence-corrected chi connectivity index (χ3v) is 8.46. The molecule has 8 nitrogen and oxygen atoms in total. The van der Waals surface area contributed by atoms with Gasteiger partial charge in [0, 0.05) is 19.0 Å². The quantitative estimate of drug-likeness (QED) is 0.279. The van der Waals surface area contributed by atoms with Gasteiger partial charge in [-0.2, -0.15) is 0 Å². The second-order valence-electron chi connectivity index (χ2n) is 12.5. The Morgan fingerprint density at radius 1 is 1.00 bits per heavy atom. The summed E-state index contributed by atoms with van der Waals surface area (Å²) in [5.74, 6) is -0.676. The van der Waals surface area contributed by atoms with E-state index in [1.165, 1.54) is 10.6 Å². The van der Waals surface area contributed by atoms with Crippen LogP contribution in [-0.2, 0) is 29.7 Å². The van der Waals surface area contributed by atoms with Crippen LogP contribution in [0.2, 0.25) is 0 Å². The Labute approximate surface area is 244 Å². The summed E-state index contributed by atoms with van der Waals surface area (Å²) >= 11 is 0. The fraction of sp³-hybridized carbons (Fsp3) is 0.500. The van der Waals surface area contributed by atoms with Crippen LogP contribution in [0.5, 0.6) is 0 Å². The van der Waals surface area contributed by atoms with Crippen molar-refractivity contribution in [2.45, 2.75) is 79.2 Å². The highest BCUT2D eigenvalue weighted by Crippen LogP contribution is 2.42. The third kappa shape index (κ3) is 7.01. The van der Waals surface area contributed by atoms with Crippen LogP contribution in [0.1, 0.15) is 76.6 Å². The minimum atomic E-state index is -3.46. The zero-order valence-corrected chi connectivity index (χ0v) is 27.0. The molecule has 0 spiro atoms. The van der Waals surface area contributed by atoms with Crippen LogP contribution in [0, 0.1) is 13.8 Å². The summed E-state index contributed by atoms with van der Waals surface area (Å²) in [4.78, 5) is 26.8. The Balaban J connectivity index is 2.48. The molecule has 1 unspecified atom stereocenters. The maximum absolute atomic E-state index is 13.9. The van der Waals surface area contributed by atoms with Crippen molar-refractivity contribution in [2.75, 3.05) is 26.5 Å². The average Bonchev–Trinajstić information content (AvgIpc) is 3.16. The van der Waals surface area contributed by atoms with Gasteiger partial charge in [-0.05, 0) is 102 Å². The first-order chi connectivity index (χ1) is 18.8. The van der Waals surface area contributed by atoms with Gasteiger partial charge in [0.15, 0.2) is 0 Å². The van der Waals surface area contributed by atoms with E-state index in [1.54, 1.807) is 18.5 Å². The molecule has 0 radical (unpaired) electrons. The molecule has 0 N–H and O–H groups in total. The number of ether oxygens (including phenoxy) is 2. The molecule has 2 aromatic carbocycles. The summed E-state index contributed by atoms with van der Waals surface area (Å²) in [6, 6.07) is 11.7. The number of carbonyl (C=O) groups excluding carboxylic acids is 2. The Hall–Kier alpha value is -3.17. The fourth-order valence-corrected chi connectivity index (χ4v) is 5.63. The number of rotatable bonds is 8. The van der Waals surface area contributed by atoms with Crippen molar-refractivity contribution in [1.82, 2.24) is 8.87 Å². The van der Waals surface area contributed by atoms with Gasteiger partial charge in [-0.25, -0.2) is 22.1 Å². The number of carbonyl (C=O) groups is 2. The van der Waals surface area contributed by atoms with Gasteiger partial charge >= 0.3 is 12.1 Å². The van der Waals surface area contributed by atoms with Gasteiger partial charge in [-0.15, -0.1) is 0 Å². The Kier molecular flexibility index (Phi) is 9.16. The Morgan fingerprint density at radius 2 is 1.59 bits per heavy atom. The molecule has 1 aromatic heterocycles. The summed E-state index contributed by atoms with van der Waals surface area (Å²) in [5, 5.41) is 0.745. The molecule has 0 amide bonds. The first kappa shape index (κ1) is 32.3. The number of hydrogen-bond donors (Lipinski definition) is 0. The van der Waals surface area contributed by atoms with Gasteiger partial charge < -0.3 is 9.47 Å². The van der Waals surface area contributed by atoms with Crippen molar-refractivity contribution in [3.63, 3.8) is 0 Å². The number of nitrogens with zero attached hydrogens (tertiary/aromatic N) is 2. The van der Waals surface area contributed by atoms with E-state index in [4.69, 9.17) is 9.47 Å².